The van der Waals surface area contributed by atoms with Gasteiger partial charge in [-0.05, 0) is 24.6 Å². The van der Waals surface area contributed by atoms with Crippen LogP contribution in [0.15, 0.2) is 18.2 Å². The summed E-state index contributed by atoms with van der Waals surface area (Å²) in [6, 6.07) is 4.65. The molecular weight excluding hydrogens is 199 g/mol. The van der Waals surface area contributed by atoms with Crippen LogP contribution in [0.25, 0.3) is 0 Å². The maximum Gasteiger partial charge on any atom is 0.188 e. The lowest BCUT2D eigenvalue weighted by molar-refractivity contribution is -0.117. The van der Waals surface area contributed by atoms with E-state index in [0.717, 1.165) is 0 Å². The van der Waals surface area contributed by atoms with Crippen LogP contribution in [-0.4, -0.2) is 19.5 Å². The van der Waals surface area contributed by atoms with Crippen LogP contribution in [0.1, 0.15) is 12.5 Å². The number of hydrogen-bond acceptors (Lipinski definition) is 3. The summed E-state index contributed by atoms with van der Waals surface area (Å²) in [4.78, 5) is 10.5. The average molecular weight is 210 g/mol. The molecule has 1 aliphatic heterocycles. The molecule has 0 aliphatic carbocycles. The summed E-state index contributed by atoms with van der Waals surface area (Å²) in [5.74, 6) is 1.08. The van der Waals surface area contributed by atoms with Crippen LogP contribution in [0.5, 0.6) is 11.5 Å². The molecule has 3 nitrogen and oxygen atoms in total. The molecule has 0 spiro atoms. The van der Waals surface area contributed by atoms with E-state index in [4.69, 9.17) is 9.47 Å². The summed E-state index contributed by atoms with van der Waals surface area (Å²) < 4.78 is 24.2. The van der Waals surface area contributed by atoms with E-state index in [1.807, 2.05) is 0 Å². The van der Waals surface area contributed by atoms with E-state index in [-0.39, 0.29) is 11.8 Å². The number of ether oxygens (including phenoxy) is 2. The Labute approximate surface area is 86.8 Å². The Morgan fingerprint density at radius 1 is 1.33 bits per heavy atom. The zero-order chi connectivity index (χ0) is 10.9. The van der Waals surface area contributed by atoms with Crippen molar-refractivity contribution in [2.75, 3.05) is 13.2 Å². The van der Waals surface area contributed by atoms with Crippen LogP contribution >= 0.6 is 0 Å². The van der Waals surface area contributed by atoms with Crippen molar-refractivity contribution in [1.82, 2.24) is 0 Å². The largest absolute Gasteiger partial charge is 0.486 e. The van der Waals surface area contributed by atoms with Gasteiger partial charge >= 0.3 is 0 Å². The Morgan fingerprint density at radius 3 is 2.67 bits per heavy atom. The SMILES string of the molecule is CC(F)(C=O)c1ccc2c(c1)OCCO2. The van der Waals surface area contributed by atoms with Crippen LogP contribution in [0.3, 0.4) is 0 Å². The van der Waals surface area contributed by atoms with Crippen molar-refractivity contribution in [3.63, 3.8) is 0 Å². The number of alkyl halides is 1. The lowest BCUT2D eigenvalue weighted by Crippen LogP contribution is -2.19. The van der Waals surface area contributed by atoms with Crippen molar-refractivity contribution >= 4 is 6.29 Å². The Bertz CT molecular complexity index is 387. The Balaban J connectivity index is 2.40. The fraction of sp³-hybridized carbons (Fsp3) is 0.364. The second-order valence-corrected chi connectivity index (χ2v) is 3.55. The van der Waals surface area contributed by atoms with Gasteiger partial charge in [0.25, 0.3) is 0 Å². The van der Waals surface area contributed by atoms with Gasteiger partial charge in [0.1, 0.15) is 13.2 Å². The van der Waals surface area contributed by atoms with Gasteiger partial charge < -0.3 is 9.47 Å². The first-order valence-electron chi connectivity index (χ1n) is 4.69. The highest BCUT2D eigenvalue weighted by Crippen LogP contribution is 2.34. The van der Waals surface area contributed by atoms with E-state index in [0.29, 0.717) is 24.7 Å². The summed E-state index contributed by atoms with van der Waals surface area (Å²) in [6.45, 7) is 2.15. The maximum atomic E-state index is 13.7. The Morgan fingerprint density at radius 2 is 2.00 bits per heavy atom. The van der Waals surface area contributed by atoms with Crippen molar-refractivity contribution in [2.24, 2.45) is 0 Å². The molecule has 1 atom stereocenters. The smallest absolute Gasteiger partial charge is 0.188 e. The summed E-state index contributed by atoms with van der Waals surface area (Å²) in [7, 11) is 0. The minimum Gasteiger partial charge on any atom is -0.486 e. The van der Waals surface area contributed by atoms with E-state index in [1.165, 1.54) is 19.1 Å². The topological polar surface area (TPSA) is 35.5 Å². The third-order valence-corrected chi connectivity index (χ3v) is 2.33. The predicted molar refractivity (Wildman–Crippen MR) is 52.0 cm³/mol. The molecule has 0 radical (unpaired) electrons. The normalized spacial score (nSPS) is 18.0. The monoisotopic (exact) mass is 210 g/mol. The van der Waals surface area contributed by atoms with Gasteiger partial charge in [-0.15, -0.1) is 0 Å². The molecule has 1 aromatic rings. The quantitative estimate of drug-likeness (QED) is 0.699. The molecule has 4 heteroatoms. The van der Waals surface area contributed by atoms with Crippen molar-refractivity contribution in [1.29, 1.82) is 0 Å². The van der Waals surface area contributed by atoms with E-state index in [1.54, 1.807) is 6.07 Å². The number of rotatable bonds is 2. The minimum atomic E-state index is -1.98. The van der Waals surface area contributed by atoms with E-state index in [9.17, 15) is 9.18 Å². The molecule has 1 aromatic carbocycles. The number of hydrogen-bond donors (Lipinski definition) is 0. The van der Waals surface area contributed by atoms with Crippen LogP contribution in [0.4, 0.5) is 4.39 Å². The van der Waals surface area contributed by atoms with Crippen molar-refractivity contribution in [3.8, 4) is 11.5 Å². The fourth-order valence-corrected chi connectivity index (χ4v) is 1.42. The number of carbonyl (C=O) groups excluding carboxylic acids is 1. The van der Waals surface area contributed by atoms with Gasteiger partial charge in [-0.3, -0.25) is 4.79 Å². The number of benzene rings is 1. The number of halogens is 1. The van der Waals surface area contributed by atoms with E-state index < -0.39 is 5.67 Å². The van der Waals surface area contributed by atoms with E-state index in [2.05, 4.69) is 0 Å². The highest BCUT2D eigenvalue weighted by Gasteiger charge is 2.26. The highest BCUT2D eigenvalue weighted by atomic mass is 19.1. The molecule has 0 saturated carbocycles. The second kappa shape index (κ2) is 3.53. The molecule has 1 aliphatic rings. The third kappa shape index (κ3) is 1.79. The van der Waals surface area contributed by atoms with Gasteiger partial charge in [0.15, 0.2) is 23.5 Å². The molecule has 80 valence electrons. The fourth-order valence-electron chi connectivity index (χ4n) is 1.42. The molecule has 15 heavy (non-hydrogen) atoms. The number of fused-ring (bicyclic) bond motifs is 1. The molecule has 0 N–H and O–H groups in total. The molecule has 2 rings (SSSR count). The van der Waals surface area contributed by atoms with Crippen molar-refractivity contribution in [3.05, 3.63) is 23.8 Å². The Kier molecular flexibility index (Phi) is 2.34. The van der Waals surface area contributed by atoms with Gasteiger partial charge in [0.2, 0.25) is 0 Å². The summed E-state index contributed by atoms with van der Waals surface area (Å²) in [5, 5.41) is 0. The van der Waals surface area contributed by atoms with Gasteiger partial charge in [-0.25, -0.2) is 4.39 Å². The first kappa shape index (κ1) is 9.96. The van der Waals surface area contributed by atoms with Gasteiger partial charge in [-0.2, -0.15) is 0 Å². The molecule has 1 heterocycles. The van der Waals surface area contributed by atoms with Crippen LogP contribution < -0.4 is 9.47 Å². The zero-order valence-electron chi connectivity index (χ0n) is 8.33. The standard InChI is InChI=1S/C11H11FO3/c1-11(12,7-13)8-2-3-9-10(6-8)15-5-4-14-9/h2-3,6-7H,4-5H2,1H3. The molecule has 0 fully saturated rings. The van der Waals surface area contributed by atoms with Gasteiger partial charge in [0, 0.05) is 0 Å². The molecule has 0 aromatic heterocycles. The molecule has 0 saturated heterocycles. The maximum absolute atomic E-state index is 13.7. The van der Waals surface area contributed by atoms with Crippen molar-refractivity contribution in [2.45, 2.75) is 12.6 Å². The summed E-state index contributed by atoms with van der Waals surface area (Å²) in [6.07, 6.45) is 0.276. The summed E-state index contributed by atoms with van der Waals surface area (Å²) in [5.41, 5.74) is -1.70. The number of aldehydes is 1. The Hall–Kier alpha value is -1.58. The predicted octanol–water partition coefficient (Wildman–Crippen LogP) is 1.84. The first-order chi connectivity index (χ1) is 7.13. The minimum absolute atomic E-state index is 0.276. The molecular formula is C11H11FO3. The molecule has 0 amide bonds. The zero-order valence-corrected chi connectivity index (χ0v) is 8.33. The van der Waals surface area contributed by atoms with Gasteiger partial charge in [-0.1, -0.05) is 6.07 Å². The highest BCUT2D eigenvalue weighted by molar-refractivity contribution is 5.66. The third-order valence-electron chi connectivity index (χ3n) is 2.33. The first-order valence-corrected chi connectivity index (χ1v) is 4.69. The second-order valence-electron chi connectivity index (χ2n) is 3.55. The lowest BCUT2D eigenvalue weighted by atomic mass is 9.99. The number of carbonyl (C=O) groups is 1. The van der Waals surface area contributed by atoms with Crippen LogP contribution in [0, 0.1) is 0 Å². The van der Waals surface area contributed by atoms with Gasteiger partial charge in [0.05, 0.1) is 0 Å². The lowest BCUT2D eigenvalue weighted by Gasteiger charge is -2.21. The average Bonchev–Trinajstić information content (AvgIpc) is 2.28. The van der Waals surface area contributed by atoms with Crippen molar-refractivity contribution < 1.29 is 18.7 Å². The molecule has 0 bridgehead atoms. The van der Waals surface area contributed by atoms with Crippen LogP contribution in [-0.2, 0) is 10.5 Å². The summed E-state index contributed by atoms with van der Waals surface area (Å²) >= 11 is 0. The van der Waals surface area contributed by atoms with Crippen LogP contribution in [0.2, 0.25) is 0 Å². The molecule has 1 unspecified atom stereocenters. The van der Waals surface area contributed by atoms with E-state index >= 15 is 0 Å².